The highest BCUT2D eigenvalue weighted by atomic mass is 16.5. The molecule has 0 amide bonds. The predicted octanol–water partition coefficient (Wildman–Crippen LogP) is 1.26. The average molecular weight is 298 g/mol. The summed E-state index contributed by atoms with van der Waals surface area (Å²) in [6.07, 6.45) is 9.62. The fourth-order valence-corrected chi connectivity index (χ4v) is 2.73. The van der Waals surface area contributed by atoms with Crippen molar-refractivity contribution >= 4 is 5.52 Å². The van der Waals surface area contributed by atoms with Gasteiger partial charge in [-0.3, -0.25) is 4.68 Å². The SMILES string of the molecule is CN[C@H]1C[C@@H](Oc2nc(-c3cnn(C)c3)cn3nccc23)C1. The summed E-state index contributed by atoms with van der Waals surface area (Å²) in [7, 11) is 3.87. The minimum Gasteiger partial charge on any atom is -0.473 e. The van der Waals surface area contributed by atoms with E-state index in [4.69, 9.17) is 4.74 Å². The van der Waals surface area contributed by atoms with E-state index in [2.05, 4.69) is 20.5 Å². The van der Waals surface area contributed by atoms with Crippen molar-refractivity contribution in [2.24, 2.45) is 7.05 Å². The van der Waals surface area contributed by atoms with Crippen LogP contribution in [0.2, 0.25) is 0 Å². The van der Waals surface area contributed by atoms with Crippen molar-refractivity contribution in [2.75, 3.05) is 7.05 Å². The molecule has 0 aromatic carbocycles. The summed E-state index contributed by atoms with van der Waals surface area (Å²) in [6, 6.07) is 2.47. The van der Waals surface area contributed by atoms with Crippen LogP contribution in [-0.2, 0) is 7.05 Å². The summed E-state index contributed by atoms with van der Waals surface area (Å²) in [6.45, 7) is 0. The van der Waals surface area contributed by atoms with Gasteiger partial charge in [-0.2, -0.15) is 10.2 Å². The maximum atomic E-state index is 6.08. The zero-order valence-corrected chi connectivity index (χ0v) is 12.6. The molecule has 0 bridgehead atoms. The zero-order chi connectivity index (χ0) is 15.1. The molecular weight excluding hydrogens is 280 g/mol. The molecule has 1 N–H and O–H groups in total. The Labute approximate surface area is 127 Å². The van der Waals surface area contributed by atoms with Crippen LogP contribution in [0.5, 0.6) is 5.88 Å². The van der Waals surface area contributed by atoms with Crippen LogP contribution in [0.1, 0.15) is 12.8 Å². The third-order valence-corrected chi connectivity index (χ3v) is 4.14. The van der Waals surface area contributed by atoms with E-state index in [0.717, 1.165) is 29.6 Å². The van der Waals surface area contributed by atoms with E-state index in [1.807, 2.05) is 32.6 Å². The summed E-state index contributed by atoms with van der Waals surface area (Å²) < 4.78 is 9.65. The van der Waals surface area contributed by atoms with Crippen LogP contribution in [0.25, 0.3) is 16.8 Å². The molecule has 0 atom stereocenters. The van der Waals surface area contributed by atoms with E-state index in [9.17, 15) is 0 Å². The normalized spacial score (nSPS) is 21.0. The number of ether oxygens (including phenoxy) is 1. The van der Waals surface area contributed by atoms with E-state index in [1.165, 1.54) is 0 Å². The molecule has 1 fully saturated rings. The topological polar surface area (TPSA) is 69.3 Å². The molecule has 3 heterocycles. The predicted molar refractivity (Wildman–Crippen MR) is 81.7 cm³/mol. The van der Waals surface area contributed by atoms with Gasteiger partial charge in [-0.15, -0.1) is 0 Å². The second-order valence-electron chi connectivity index (χ2n) is 5.69. The maximum absolute atomic E-state index is 6.08. The van der Waals surface area contributed by atoms with Crippen LogP contribution in [0, 0.1) is 0 Å². The number of hydrogen-bond donors (Lipinski definition) is 1. The van der Waals surface area contributed by atoms with E-state index in [1.54, 1.807) is 21.6 Å². The lowest BCUT2D eigenvalue weighted by molar-refractivity contribution is 0.0852. The Balaban J connectivity index is 1.68. The molecular formula is C15H18N6O. The van der Waals surface area contributed by atoms with Crippen molar-refractivity contribution in [1.82, 2.24) is 29.7 Å². The Bertz CT molecular complexity index is 801. The first kappa shape index (κ1) is 13.3. The van der Waals surface area contributed by atoms with Gasteiger partial charge in [0.1, 0.15) is 11.6 Å². The highest BCUT2D eigenvalue weighted by Crippen LogP contribution is 2.29. The lowest BCUT2D eigenvalue weighted by Crippen LogP contribution is -2.45. The number of hydrogen-bond acceptors (Lipinski definition) is 5. The summed E-state index contributed by atoms with van der Waals surface area (Å²) in [5, 5.41) is 11.8. The Morgan fingerprint density at radius 1 is 1.27 bits per heavy atom. The summed E-state index contributed by atoms with van der Waals surface area (Å²) in [5.74, 6) is 0.637. The standard InChI is InChI=1S/C15H18N6O/c1-16-11-5-12(6-11)22-15-14-3-4-17-21(14)9-13(19-15)10-7-18-20(2)8-10/h3-4,7-9,11-12,16H,5-6H2,1-2H3/t11-,12+. The van der Waals surface area contributed by atoms with Crippen LogP contribution >= 0.6 is 0 Å². The van der Waals surface area contributed by atoms with Gasteiger partial charge in [-0.05, 0) is 26.0 Å². The molecule has 22 heavy (non-hydrogen) atoms. The molecule has 7 heteroatoms. The lowest BCUT2D eigenvalue weighted by Gasteiger charge is -2.34. The average Bonchev–Trinajstić information content (AvgIpc) is 3.10. The number of nitrogens with zero attached hydrogens (tertiary/aromatic N) is 5. The molecule has 0 saturated heterocycles. The van der Waals surface area contributed by atoms with Crippen molar-refractivity contribution < 1.29 is 4.74 Å². The first-order chi connectivity index (χ1) is 10.7. The van der Waals surface area contributed by atoms with E-state index >= 15 is 0 Å². The third-order valence-electron chi connectivity index (χ3n) is 4.14. The fourth-order valence-electron chi connectivity index (χ4n) is 2.73. The second-order valence-corrected chi connectivity index (χ2v) is 5.69. The number of fused-ring (bicyclic) bond motifs is 1. The minimum atomic E-state index is 0.216. The molecule has 0 radical (unpaired) electrons. The van der Waals surface area contributed by atoms with Crippen molar-refractivity contribution in [3.05, 3.63) is 30.9 Å². The van der Waals surface area contributed by atoms with Gasteiger partial charge in [0.25, 0.3) is 0 Å². The third kappa shape index (κ3) is 2.23. The summed E-state index contributed by atoms with van der Waals surface area (Å²) in [4.78, 5) is 4.67. The Kier molecular flexibility index (Phi) is 3.07. The van der Waals surface area contributed by atoms with Crippen LogP contribution in [0.15, 0.2) is 30.9 Å². The van der Waals surface area contributed by atoms with Gasteiger partial charge in [-0.25, -0.2) is 9.50 Å². The Morgan fingerprint density at radius 3 is 2.86 bits per heavy atom. The minimum absolute atomic E-state index is 0.216. The molecule has 1 aliphatic carbocycles. The van der Waals surface area contributed by atoms with Gasteiger partial charge in [0.05, 0.1) is 24.3 Å². The van der Waals surface area contributed by atoms with Crippen molar-refractivity contribution in [2.45, 2.75) is 25.0 Å². The van der Waals surface area contributed by atoms with Gasteiger partial charge in [-0.1, -0.05) is 0 Å². The van der Waals surface area contributed by atoms with E-state index in [-0.39, 0.29) is 6.10 Å². The molecule has 114 valence electrons. The fraction of sp³-hybridized carbons (Fsp3) is 0.400. The van der Waals surface area contributed by atoms with Gasteiger partial charge < -0.3 is 10.1 Å². The molecule has 4 rings (SSSR count). The molecule has 3 aromatic rings. The first-order valence-electron chi connectivity index (χ1n) is 7.40. The van der Waals surface area contributed by atoms with Gasteiger partial charge in [0, 0.05) is 24.8 Å². The van der Waals surface area contributed by atoms with Crippen LogP contribution in [0.3, 0.4) is 0 Å². The van der Waals surface area contributed by atoms with Gasteiger partial charge >= 0.3 is 0 Å². The van der Waals surface area contributed by atoms with Crippen molar-refractivity contribution in [1.29, 1.82) is 0 Å². The molecule has 0 spiro atoms. The number of aryl methyl sites for hydroxylation is 1. The molecule has 7 nitrogen and oxygen atoms in total. The molecule has 0 unspecified atom stereocenters. The number of nitrogens with one attached hydrogen (secondary N) is 1. The second kappa shape index (κ2) is 5.10. The van der Waals surface area contributed by atoms with E-state index < -0.39 is 0 Å². The molecule has 1 aliphatic rings. The number of rotatable bonds is 4. The zero-order valence-electron chi connectivity index (χ0n) is 12.6. The van der Waals surface area contributed by atoms with Crippen LogP contribution in [0.4, 0.5) is 0 Å². The number of aromatic nitrogens is 5. The lowest BCUT2D eigenvalue weighted by atomic mass is 9.89. The monoisotopic (exact) mass is 298 g/mol. The molecule has 0 aliphatic heterocycles. The van der Waals surface area contributed by atoms with Crippen molar-refractivity contribution in [3.8, 4) is 17.1 Å². The van der Waals surface area contributed by atoms with Gasteiger partial charge in [0.2, 0.25) is 5.88 Å². The first-order valence-corrected chi connectivity index (χ1v) is 7.40. The summed E-state index contributed by atoms with van der Waals surface area (Å²) >= 11 is 0. The molecule has 1 saturated carbocycles. The smallest absolute Gasteiger partial charge is 0.240 e. The highest BCUT2D eigenvalue weighted by molar-refractivity contribution is 5.63. The maximum Gasteiger partial charge on any atom is 0.240 e. The van der Waals surface area contributed by atoms with Gasteiger partial charge in [0.15, 0.2) is 0 Å². The largest absolute Gasteiger partial charge is 0.473 e. The highest BCUT2D eigenvalue weighted by Gasteiger charge is 2.30. The summed E-state index contributed by atoms with van der Waals surface area (Å²) in [5.41, 5.74) is 2.65. The Hall–Kier alpha value is -2.41. The van der Waals surface area contributed by atoms with Crippen molar-refractivity contribution in [3.63, 3.8) is 0 Å². The van der Waals surface area contributed by atoms with E-state index in [0.29, 0.717) is 11.9 Å². The quantitative estimate of drug-likeness (QED) is 0.785. The molecule has 3 aromatic heterocycles. The van der Waals surface area contributed by atoms with Crippen LogP contribution < -0.4 is 10.1 Å². The van der Waals surface area contributed by atoms with Crippen LogP contribution in [-0.4, -0.2) is 43.6 Å². The Morgan fingerprint density at radius 2 is 2.14 bits per heavy atom.